The molecule has 8 nitrogen and oxygen atoms in total. The highest BCUT2D eigenvalue weighted by Crippen LogP contribution is 2.42. The Bertz CT molecular complexity index is 1150. The van der Waals surface area contributed by atoms with Crippen LogP contribution >= 0.6 is 0 Å². The van der Waals surface area contributed by atoms with E-state index in [1.807, 2.05) is 24.3 Å². The molecule has 2 amide bonds. The molecular weight excluding hydrogens is 503 g/mol. The van der Waals surface area contributed by atoms with Gasteiger partial charge in [0.05, 0.1) is 37.0 Å². The molecule has 0 bridgehead atoms. The van der Waals surface area contributed by atoms with E-state index >= 15 is 0 Å². The second-order valence-corrected chi connectivity index (χ2v) is 9.92. The number of hydrogen-bond acceptors (Lipinski definition) is 6. The number of nitrogens with one attached hydrogen (secondary N) is 2. The average molecular weight is 536 g/mol. The van der Waals surface area contributed by atoms with Crippen LogP contribution in [0.5, 0.6) is 5.75 Å². The van der Waals surface area contributed by atoms with Crippen LogP contribution in [0.2, 0.25) is 0 Å². The first-order valence-corrected chi connectivity index (χ1v) is 12.5. The SMILES string of the molecule is COc1ccccc1C1(O)CCC(N2C[C@@H](O)[C@@H](NC(=O)CNC(=O)c3cccc(C(F)(F)F)c3)C2)CC1. The lowest BCUT2D eigenvalue weighted by Gasteiger charge is -2.40. The summed E-state index contributed by atoms with van der Waals surface area (Å²) in [5.74, 6) is -0.706. The molecule has 1 saturated carbocycles. The van der Waals surface area contributed by atoms with Crippen molar-refractivity contribution in [2.45, 2.75) is 55.6 Å². The summed E-state index contributed by atoms with van der Waals surface area (Å²) in [5.41, 5.74) is -1.38. The summed E-state index contributed by atoms with van der Waals surface area (Å²) < 4.78 is 44.1. The molecule has 0 radical (unpaired) electrons. The molecule has 4 rings (SSSR count). The van der Waals surface area contributed by atoms with Gasteiger partial charge < -0.3 is 25.6 Å². The molecule has 0 spiro atoms. The number of ether oxygens (including phenoxy) is 1. The third-order valence-electron chi connectivity index (χ3n) is 7.43. The number of carbonyl (C=O) groups excluding carboxylic acids is 2. The lowest BCUT2D eigenvalue weighted by atomic mass is 9.77. The second kappa shape index (κ2) is 11.3. The Hall–Kier alpha value is -3.15. The molecule has 0 unspecified atom stereocenters. The van der Waals surface area contributed by atoms with Gasteiger partial charge in [0.2, 0.25) is 5.91 Å². The minimum absolute atomic E-state index is 0.127. The van der Waals surface area contributed by atoms with Crippen LogP contribution in [-0.4, -0.2) is 71.9 Å². The van der Waals surface area contributed by atoms with Crippen molar-refractivity contribution in [3.8, 4) is 5.75 Å². The fourth-order valence-corrected chi connectivity index (χ4v) is 5.36. The molecule has 38 heavy (non-hydrogen) atoms. The summed E-state index contributed by atoms with van der Waals surface area (Å²) in [4.78, 5) is 26.7. The number of likely N-dealkylation sites (tertiary alicyclic amines) is 1. The number of para-hydroxylation sites is 1. The Kier molecular flexibility index (Phi) is 8.29. The van der Waals surface area contributed by atoms with E-state index in [1.54, 1.807) is 7.11 Å². The summed E-state index contributed by atoms with van der Waals surface area (Å²) in [6, 6.07) is 11.0. The predicted molar refractivity (Wildman–Crippen MR) is 132 cm³/mol. The van der Waals surface area contributed by atoms with Crippen molar-refractivity contribution in [3.05, 3.63) is 65.2 Å². The van der Waals surface area contributed by atoms with Crippen LogP contribution in [-0.2, 0) is 16.6 Å². The summed E-state index contributed by atoms with van der Waals surface area (Å²) in [5, 5.41) is 26.8. The summed E-state index contributed by atoms with van der Waals surface area (Å²) >= 11 is 0. The third kappa shape index (κ3) is 6.28. The number of rotatable bonds is 7. The minimum Gasteiger partial charge on any atom is -0.496 e. The Labute approximate surface area is 218 Å². The van der Waals surface area contributed by atoms with Crippen molar-refractivity contribution in [1.82, 2.24) is 15.5 Å². The number of aliphatic hydroxyl groups excluding tert-OH is 1. The van der Waals surface area contributed by atoms with Crippen molar-refractivity contribution >= 4 is 11.8 Å². The van der Waals surface area contributed by atoms with Crippen LogP contribution in [0.25, 0.3) is 0 Å². The van der Waals surface area contributed by atoms with Crippen molar-refractivity contribution in [3.63, 3.8) is 0 Å². The zero-order valence-corrected chi connectivity index (χ0v) is 21.0. The maximum absolute atomic E-state index is 12.9. The van der Waals surface area contributed by atoms with Crippen LogP contribution in [0.1, 0.15) is 47.2 Å². The van der Waals surface area contributed by atoms with E-state index in [1.165, 1.54) is 6.07 Å². The van der Waals surface area contributed by atoms with Gasteiger partial charge in [-0.1, -0.05) is 24.3 Å². The summed E-state index contributed by atoms with van der Waals surface area (Å²) in [7, 11) is 1.57. The average Bonchev–Trinajstić information content (AvgIpc) is 3.26. The molecular formula is C27H32F3N3O5. The maximum atomic E-state index is 12.9. The van der Waals surface area contributed by atoms with Crippen LogP contribution in [0.15, 0.2) is 48.5 Å². The highest BCUT2D eigenvalue weighted by molar-refractivity contribution is 5.96. The number of amides is 2. The number of alkyl halides is 3. The Morgan fingerprint density at radius 1 is 1.11 bits per heavy atom. The predicted octanol–water partition coefficient (Wildman–Crippen LogP) is 2.44. The topological polar surface area (TPSA) is 111 Å². The van der Waals surface area contributed by atoms with Gasteiger partial charge in [0, 0.05) is 30.3 Å². The van der Waals surface area contributed by atoms with Gasteiger partial charge >= 0.3 is 6.18 Å². The van der Waals surface area contributed by atoms with Gasteiger partial charge in [0.1, 0.15) is 5.75 Å². The number of hydrogen-bond donors (Lipinski definition) is 4. The molecule has 2 aliphatic rings. The highest BCUT2D eigenvalue weighted by atomic mass is 19.4. The monoisotopic (exact) mass is 535 g/mol. The van der Waals surface area contributed by atoms with E-state index in [9.17, 15) is 33.0 Å². The summed E-state index contributed by atoms with van der Waals surface area (Å²) in [6.07, 6.45) is -2.92. The number of methoxy groups -OCH3 is 1. The van der Waals surface area contributed by atoms with E-state index < -0.39 is 47.8 Å². The molecule has 4 N–H and O–H groups in total. The number of halogens is 3. The molecule has 1 aliphatic heterocycles. The lowest BCUT2D eigenvalue weighted by molar-refractivity contribution is -0.137. The Balaban J connectivity index is 1.26. The van der Waals surface area contributed by atoms with Gasteiger partial charge in [-0.25, -0.2) is 0 Å². The van der Waals surface area contributed by atoms with Gasteiger partial charge in [0.15, 0.2) is 0 Å². The Morgan fingerprint density at radius 2 is 1.82 bits per heavy atom. The molecule has 0 aromatic heterocycles. The fourth-order valence-electron chi connectivity index (χ4n) is 5.36. The highest BCUT2D eigenvalue weighted by Gasteiger charge is 2.42. The smallest absolute Gasteiger partial charge is 0.416 e. The Morgan fingerprint density at radius 3 is 2.50 bits per heavy atom. The maximum Gasteiger partial charge on any atom is 0.416 e. The zero-order valence-electron chi connectivity index (χ0n) is 21.0. The first-order chi connectivity index (χ1) is 18.0. The molecule has 1 aliphatic carbocycles. The molecule has 206 valence electrons. The molecule has 1 saturated heterocycles. The van der Waals surface area contributed by atoms with Crippen molar-refractivity contribution < 1.29 is 37.7 Å². The largest absolute Gasteiger partial charge is 0.496 e. The van der Waals surface area contributed by atoms with E-state index in [2.05, 4.69) is 15.5 Å². The first kappa shape index (κ1) is 27.9. The van der Waals surface area contributed by atoms with Crippen LogP contribution < -0.4 is 15.4 Å². The van der Waals surface area contributed by atoms with Gasteiger partial charge in [-0.05, 0) is 49.9 Å². The third-order valence-corrected chi connectivity index (χ3v) is 7.43. The van der Waals surface area contributed by atoms with Crippen LogP contribution in [0.3, 0.4) is 0 Å². The van der Waals surface area contributed by atoms with Crippen molar-refractivity contribution in [2.75, 3.05) is 26.7 Å². The van der Waals surface area contributed by atoms with Gasteiger partial charge in [-0.15, -0.1) is 0 Å². The van der Waals surface area contributed by atoms with Crippen molar-refractivity contribution in [2.24, 2.45) is 0 Å². The number of aliphatic hydroxyl groups is 2. The number of benzene rings is 2. The second-order valence-electron chi connectivity index (χ2n) is 9.92. The van der Waals surface area contributed by atoms with Gasteiger partial charge in [-0.3, -0.25) is 14.5 Å². The lowest BCUT2D eigenvalue weighted by Crippen LogP contribution is -2.47. The van der Waals surface area contributed by atoms with Crippen LogP contribution in [0.4, 0.5) is 13.2 Å². The molecule has 11 heteroatoms. The van der Waals surface area contributed by atoms with E-state index in [0.29, 0.717) is 44.5 Å². The standard InChI is InChI=1S/C27H32F3N3O5/c1-38-23-8-3-2-7-20(23)26(37)11-9-19(10-12-26)33-15-21(22(34)16-33)32-24(35)14-31-25(36)17-5-4-6-18(13-17)27(28,29)30/h2-8,13,19,21-22,34,37H,9-12,14-16H2,1H3,(H,31,36)(H,32,35)/t19?,21-,22+,26?/m0/s1. The molecule has 1 heterocycles. The van der Waals surface area contributed by atoms with Crippen molar-refractivity contribution in [1.29, 1.82) is 0 Å². The van der Waals surface area contributed by atoms with Gasteiger partial charge in [0.25, 0.3) is 5.91 Å². The zero-order chi connectivity index (χ0) is 27.5. The number of carbonyl (C=O) groups is 2. The molecule has 2 aromatic carbocycles. The molecule has 2 aromatic rings. The normalized spacial score (nSPS) is 26.1. The molecule has 2 fully saturated rings. The van der Waals surface area contributed by atoms with Gasteiger partial charge in [-0.2, -0.15) is 13.2 Å². The number of β-amino-alcohol motifs (C(OH)–C–C–N with tert-alkyl or cyclic N) is 1. The number of nitrogens with zero attached hydrogens (tertiary/aromatic N) is 1. The quantitative estimate of drug-likeness (QED) is 0.434. The minimum atomic E-state index is -4.58. The molecule has 2 atom stereocenters. The summed E-state index contributed by atoms with van der Waals surface area (Å²) in [6.45, 7) is 0.333. The van der Waals surface area contributed by atoms with E-state index in [-0.39, 0.29) is 11.6 Å². The first-order valence-electron chi connectivity index (χ1n) is 12.5. The fraction of sp³-hybridized carbons (Fsp3) is 0.481. The van der Waals surface area contributed by atoms with Crippen LogP contribution in [0, 0.1) is 0 Å². The van der Waals surface area contributed by atoms with E-state index in [4.69, 9.17) is 4.74 Å². The van der Waals surface area contributed by atoms with E-state index in [0.717, 1.165) is 23.8 Å².